The molecule has 1 unspecified atom stereocenters. The Morgan fingerprint density at radius 1 is 1.37 bits per heavy atom. The van der Waals surface area contributed by atoms with E-state index in [4.69, 9.17) is 11.6 Å². The average molecular weight is 281 g/mol. The highest BCUT2D eigenvalue weighted by Crippen LogP contribution is 2.25. The smallest absolute Gasteiger partial charge is 0.126 e. The predicted molar refractivity (Wildman–Crippen MR) is 76.2 cm³/mol. The molecule has 1 atom stereocenters. The van der Waals surface area contributed by atoms with Gasteiger partial charge in [-0.3, -0.25) is 4.68 Å². The normalized spacial score (nSPS) is 12.6. The Labute approximate surface area is 118 Å². The maximum absolute atomic E-state index is 13.8. The third-order valence-electron chi connectivity index (χ3n) is 3.27. The Kier molecular flexibility index (Phi) is 4.59. The average Bonchev–Trinajstić information content (AvgIpc) is 2.77. The van der Waals surface area contributed by atoms with Crippen molar-refractivity contribution in [2.24, 2.45) is 0 Å². The molecule has 0 aliphatic rings. The van der Waals surface area contributed by atoms with Crippen molar-refractivity contribution in [2.45, 2.75) is 32.7 Å². The number of hydrogen-bond acceptors (Lipinski definition) is 1. The van der Waals surface area contributed by atoms with Gasteiger partial charge in [-0.25, -0.2) is 4.39 Å². The van der Waals surface area contributed by atoms with Crippen LogP contribution in [-0.4, -0.2) is 15.7 Å². The van der Waals surface area contributed by atoms with E-state index in [9.17, 15) is 4.39 Å². The molecular weight excluding hydrogens is 263 g/mol. The number of benzene rings is 1. The lowest BCUT2D eigenvalue weighted by Crippen LogP contribution is -2.11. The van der Waals surface area contributed by atoms with Crippen molar-refractivity contribution in [1.29, 1.82) is 0 Å². The summed E-state index contributed by atoms with van der Waals surface area (Å²) in [7, 11) is 0. The van der Waals surface area contributed by atoms with Crippen molar-refractivity contribution < 1.29 is 4.39 Å². The quantitative estimate of drug-likeness (QED) is 0.759. The standard InChI is InChI=1S/C15H18ClFN2/c1-3-19-13(8-11(2)18-19)9-12(10-16)14-6-4-5-7-15(14)17/h4-8,12H,3,9-10H2,1-2H3. The van der Waals surface area contributed by atoms with Gasteiger partial charge in [0.05, 0.1) is 5.69 Å². The third-order valence-corrected chi connectivity index (χ3v) is 3.64. The Bertz CT molecular complexity index is 551. The lowest BCUT2D eigenvalue weighted by molar-refractivity contribution is 0.566. The maximum Gasteiger partial charge on any atom is 0.126 e. The van der Waals surface area contributed by atoms with Gasteiger partial charge >= 0.3 is 0 Å². The summed E-state index contributed by atoms with van der Waals surface area (Å²) < 4.78 is 15.8. The van der Waals surface area contributed by atoms with Crippen LogP contribution in [0.25, 0.3) is 0 Å². The number of nitrogens with zero attached hydrogens (tertiary/aromatic N) is 2. The molecule has 2 aromatic rings. The Hall–Kier alpha value is -1.35. The molecule has 4 heteroatoms. The molecule has 102 valence electrons. The molecule has 1 heterocycles. The molecule has 0 amide bonds. The zero-order valence-electron chi connectivity index (χ0n) is 11.2. The van der Waals surface area contributed by atoms with Gasteiger partial charge in [0.1, 0.15) is 5.82 Å². The highest BCUT2D eigenvalue weighted by Gasteiger charge is 2.17. The van der Waals surface area contributed by atoms with Crippen LogP contribution in [0, 0.1) is 12.7 Å². The second-order valence-corrected chi connectivity index (χ2v) is 4.98. The van der Waals surface area contributed by atoms with Gasteiger partial charge in [-0.15, -0.1) is 11.6 Å². The Morgan fingerprint density at radius 3 is 2.74 bits per heavy atom. The Balaban J connectivity index is 2.26. The molecular formula is C15H18ClFN2. The van der Waals surface area contributed by atoms with Crippen LogP contribution in [0.3, 0.4) is 0 Å². The minimum atomic E-state index is -0.188. The van der Waals surface area contributed by atoms with Crippen LogP contribution in [0.1, 0.15) is 29.8 Å². The molecule has 2 nitrogen and oxygen atoms in total. The first-order chi connectivity index (χ1) is 9.15. The minimum Gasteiger partial charge on any atom is -0.270 e. The van der Waals surface area contributed by atoms with E-state index in [0.29, 0.717) is 17.9 Å². The zero-order valence-corrected chi connectivity index (χ0v) is 12.0. The summed E-state index contributed by atoms with van der Waals surface area (Å²) in [4.78, 5) is 0. The SMILES string of the molecule is CCn1nc(C)cc1CC(CCl)c1ccccc1F. The van der Waals surface area contributed by atoms with Crippen LogP contribution in [0.5, 0.6) is 0 Å². The van der Waals surface area contributed by atoms with Gasteiger partial charge in [-0.1, -0.05) is 18.2 Å². The topological polar surface area (TPSA) is 17.8 Å². The second-order valence-electron chi connectivity index (χ2n) is 4.67. The first-order valence-corrected chi connectivity index (χ1v) is 7.02. The van der Waals surface area contributed by atoms with E-state index < -0.39 is 0 Å². The van der Waals surface area contributed by atoms with Crippen molar-refractivity contribution in [3.8, 4) is 0 Å². The van der Waals surface area contributed by atoms with E-state index in [-0.39, 0.29) is 11.7 Å². The van der Waals surface area contributed by atoms with Gasteiger partial charge < -0.3 is 0 Å². The van der Waals surface area contributed by atoms with Crippen LogP contribution in [0.2, 0.25) is 0 Å². The van der Waals surface area contributed by atoms with Crippen molar-refractivity contribution in [1.82, 2.24) is 9.78 Å². The largest absolute Gasteiger partial charge is 0.270 e. The molecule has 0 bridgehead atoms. The maximum atomic E-state index is 13.8. The van der Waals surface area contributed by atoms with E-state index in [0.717, 1.165) is 17.9 Å². The van der Waals surface area contributed by atoms with Crippen LogP contribution >= 0.6 is 11.6 Å². The number of aryl methyl sites for hydroxylation is 2. The molecule has 0 fully saturated rings. The molecule has 19 heavy (non-hydrogen) atoms. The summed E-state index contributed by atoms with van der Waals surface area (Å²) >= 11 is 6.03. The first-order valence-electron chi connectivity index (χ1n) is 6.49. The molecule has 0 saturated heterocycles. The van der Waals surface area contributed by atoms with Gasteiger partial charge in [0.25, 0.3) is 0 Å². The van der Waals surface area contributed by atoms with Gasteiger partial charge in [-0.2, -0.15) is 5.10 Å². The third kappa shape index (κ3) is 3.16. The summed E-state index contributed by atoms with van der Waals surface area (Å²) in [5.41, 5.74) is 2.77. The molecule has 0 saturated carbocycles. The Morgan fingerprint density at radius 2 is 2.11 bits per heavy atom. The number of hydrogen-bond donors (Lipinski definition) is 0. The van der Waals surface area contributed by atoms with Gasteiger partial charge in [0.2, 0.25) is 0 Å². The number of halogens is 2. The van der Waals surface area contributed by atoms with E-state index in [1.807, 2.05) is 29.8 Å². The van der Waals surface area contributed by atoms with E-state index in [1.54, 1.807) is 6.07 Å². The molecule has 1 aromatic carbocycles. The van der Waals surface area contributed by atoms with Crippen molar-refractivity contribution >= 4 is 11.6 Å². The molecule has 1 aromatic heterocycles. The van der Waals surface area contributed by atoms with E-state index >= 15 is 0 Å². The number of rotatable bonds is 5. The van der Waals surface area contributed by atoms with Crippen LogP contribution in [-0.2, 0) is 13.0 Å². The highest BCUT2D eigenvalue weighted by molar-refractivity contribution is 6.18. The van der Waals surface area contributed by atoms with E-state index in [1.165, 1.54) is 6.07 Å². The fourth-order valence-corrected chi connectivity index (χ4v) is 2.62. The van der Waals surface area contributed by atoms with Crippen LogP contribution in [0.15, 0.2) is 30.3 Å². The number of aromatic nitrogens is 2. The lowest BCUT2D eigenvalue weighted by Gasteiger charge is -2.15. The van der Waals surface area contributed by atoms with Crippen molar-refractivity contribution in [3.63, 3.8) is 0 Å². The second kappa shape index (κ2) is 6.20. The van der Waals surface area contributed by atoms with Gasteiger partial charge in [-0.05, 0) is 38.0 Å². The fraction of sp³-hybridized carbons (Fsp3) is 0.400. The zero-order chi connectivity index (χ0) is 13.8. The summed E-state index contributed by atoms with van der Waals surface area (Å²) in [6, 6.07) is 8.88. The van der Waals surface area contributed by atoms with Crippen molar-refractivity contribution in [2.75, 3.05) is 5.88 Å². The monoisotopic (exact) mass is 280 g/mol. The predicted octanol–water partition coefficient (Wildman–Crippen LogP) is 3.92. The minimum absolute atomic E-state index is 0.0238. The lowest BCUT2D eigenvalue weighted by atomic mass is 9.95. The summed E-state index contributed by atoms with van der Waals surface area (Å²) in [5.74, 6) is 0.186. The molecule has 0 aliphatic heterocycles. The number of alkyl halides is 1. The van der Waals surface area contributed by atoms with E-state index in [2.05, 4.69) is 12.0 Å². The first kappa shape index (κ1) is 14.1. The van der Waals surface area contributed by atoms with Crippen molar-refractivity contribution in [3.05, 3.63) is 53.1 Å². The molecule has 0 N–H and O–H groups in total. The van der Waals surface area contributed by atoms with Gasteiger partial charge in [0.15, 0.2) is 0 Å². The summed E-state index contributed by atoms with van der Waals surface area (Å²) in [6.07, 6.45) is 0.707. The molecule has 0 radical (unpaired) electrons. The molecule has 2 rings (SSSR count). The molecule has 0 aliphatic carbocycles. The molecule has 0 spiro atoms. The van der Waals surface area contributed by atoms with Crippen LogP contribution in [0.4, 0.5) is 4.39 Å². The highest BCUT2D eigenvalue weighted by atomic mass is 35.5. The van der Waals surface area contributed by atoms with Crippen LogP contribution < -0.4 is 0 Å². The fourth-order valence-electron chi connectivity index (χ4n) is 2.34. The summed E-state index contributed by atoms with van der Waals surface area (Å²) in [6.45, 7) is 4.83. The summed E-state index contributed by atoms with van der Waals surface area (Å²) in [5, 5.41) is 4.41. The van der Waals surface area contributed by atoms with Gasteiger partial charge in [0, 0.05) is 24.0 Å².